The monoisotopic (exact) mass is 1110 g/mol. The molecule has 0 aromatic carbocycles. The van der Waals surface area contributed by atoms with Gasteiger partial charge in [0.05, 0.1) is 0 Å². The molecule has 0 bridgehead atoms. The Morgan fingerprint density at radius 3 is 1.20 bits per heavy atom. The fourth-order valence-electron chi connectivity index (χ4n) is 4.44. The Morgan fingerprint density at radius 1 is 0.585 bits per heavy atom. The first-order valence-corrected chi connectivity index (χ1v) is 36.9. The molecule has 0 saturated heterocycles. The van der Waals surface area contributed by atoms with Crippen LogP contribution in [0.5, 0.6) is 0 Å². The third-order valence-corrected chi connectivity index (χ3v) is 39.7. The molecule has 0 aliphatic rings. The molecule has 11 nitrogen and oxygen atoms in total. The van der Waals surface area contributed by atoms with Crippen molar-refractivity contribution in [2.75, 3.05) is 42.3 Å². The van der Waals surface area contributed by atoms with E-state index in [2.05, 4.69) is 54.0 Å². The summed E-state index contributed by atoms with van der Waals surface area (Å²) < 4.78 is 104. The van der Waals surface area contributed by atoms with E-state index in [1.807, 2.05) is 117 Å². The molecule has 3 aromatic heterocycles. The van der Waals surface area contributed by atoms with Gasteiger partial charge in [-0.3, -0.25) is 8.06 Å². The van der Waals surface area contributed by atoms with Gasteiger partial charge in [-0.2, -0.15) is 0 Å². The third-order valence-electron chi connectivity index (χ3n) is 10.9. The van der Waals surface area contributed by atoms with Gasteiger partial charge in [-0.25, -0.2) is 39.5 Å². The highest BCUT2D eigenvalue weighted by molar-refractivity contribution is 8.17. The van der Waals surface area contributed by atoms with E-state index in [1.165, 1.54) is 18.2 Å². The van der Waals surface area contributed by atoms with Crippen LogP contribution in [0.25, 0.3) is 0 Å². The van der Waals surface area contributed by atoms with E-state index in [9.17, 15) is 30.0 Å². The van der Waals surface area contributed by atoms with Crippen molar-refractivity contribution in [3.05, 3.63) is 50.3 Å². The summed E-state index contributed by atoms with van der Waals surface area (Å²) in [5, 5.41) is 5.59. The van der Waals surface area contributed by atoms with Gasteiger partial charge in [-0.15, -0.1) is 34.0 Å². The highest BCUT2D eigenvalue weighted by atomic mass is 35.7. The molecule has 24 heteroatoms. The molecular weight excluding hydrogens is 1020 g/mol. The Balaban J connectivity index is 0. The van der Waals surface area contributed by atoms with Crippen LogP contribution in [0, 0.1) is 17.5 Å². The fourth-order valence-corrected chi connectivity index (χ4v) is 25.6. The van der Waals surface area contributed by atoms with E-state index in [0.29, 0.717) is 24.5 Å². The first-order chi connectivity index (χ1) is 27.8. The predicted octanol–water partition coefficient (Wildman–Crippen LogP) is 13.1. The minimum atomic E-state index is -3.81. The summed E-state index contributed by atoms with van der Waals surface area (Å²) in [4.78, 5) is 8.03. The van der Waals surface area contributed by atoms with Crippen LogP contribution in [0.15, 0.2) is 38.9 Å². The van der Waals surface area contributed by atoms with Crippen molar-refractivity contribution < 1.29 is 30.0 Å². The van der Waals surface area contributed by atoms with Gasteiger partial charge in [0.1, 0.15) is 22.4 Å². The second-order valence-corrected chi connectivity index (χ2v) is 47.1. The standard InChI is InChI=1S/C13H24ClFN2OS2Si.C13H26FN3OS2Si.C13H25FN2O2S2Si.2CH4/c1-13(2,3)21(6,7)16-20(14,18)12-11(15)8-10(19-12)9-17(4)5;1-13(2,3)21(6,7)16-20(15,18)12-11(14)8-10(19-12)9-17(4)5;1-13(2,3)21(6,7)15-20(17,18)12-11(14)8-10(19-12)9-16(4)5;;/h8H,9H2,1-7H3;8H,9H2,1-7H3,(H2,15,16,18);8,15H,9H2,1-7H3;2*1H4. The Morgan fingerprint density at radius 2 is 0.877 bits per heavy atom. The number of sulfonamides is 1. The van der Waals surface area contributed by atoms with Gasteiger partial charge >= 0.3 is 0 Å². The molecule has 65 heavy (non-hydrogen) atoms. The Bertz CT molecular complexity index is 2270. The lowest BCUT2D eigenvalue weighted by Crippen LogP contribution is -2.54. The highest BCUT2D eigenvalue weighted by Crippen LogP contribution is 2.42. The second kappa shape index (κ2) is 24.1. The summed E-state index contributed by atoms with van der Waals surface area (Å²) in [6.45, 7) is 31.9. The number of hydrogen-bond donors (Lipinski definition) is 2. The SMILES string of the molecule is C.C.CN(C)Cc1cc(F)c(S(=O)(=O)N[Si](C)(C)C(C)(C)C)s1.CN(C)Cc1cc(F)c(S(=O)(Cl)=N[Si](C)(C)C(C)(C)C)s1.CN(C)Cc1cc(F)c(S(N)(=O)=N[Si](C)(C)C(C)(C)C)s1. The summed E-state index contributed by atoms with van der Waals surface area (Å²) in [6.07, 6.45) is 0. The van der Waals surface area contributed by atoms with Crippen LogP contribution in [0.2, 0.25) is 54.4 Å². The van der Waals surface area contributed by atoms with Crippen molar-refractivity contribution in [1.29, 1.82) is 0 Å². The van der Waals surface area contributed by atoms with Gasteiger partial charge in [0.2, 0.25) is 10.0 Å². The maximum Gasteiger partial charge on any atom is 0.247 e. The molecule has 382 valence electrons. The van der Waals surface area contributed by atoms with Crippen LogP contribution in [-0.4, -0.2) is 98.5 Å². The predicted molar refractivity (Wildman–Crippen MR) is 288 cm³/mol. The molecule has 0 fully saturated rings. The lowest BCUT2D eigenvalue weighted by molar-refractivity contribution is 0.406. The zero-order valence-corrected chi connectivity index (χ0v) is 49.9. The smallest absolute Gasteiger partial charge is 0.247 e. The molecule has 3 heterocycles. The molecule has 0 radical (unpaired) electrons. The number of thiophene rings is 3. The topological polar surface area (TPSA) is 141 Å². The van der Waals surface area contributed by atoms with E-state index in [0.717, 1.165) is 43.8 Å². The van der Waals surface area contributed by atoms with Gasteiger partial charge in [0, 0.05) is 44.9 Å². The largest absolute Gasteiger partial charge is 0.304 e. The first-order valence-electron chi connectivity index (χ1n) is 20.2. The van der Waals surface area contributed by atoms with E-state index in [1.54, 1.807) is 0 Å². The van der Waals surface area contributed by atoms with Crippen LogP contribution in [0.1, 0.15) is 91.8 Å². The van der Waals surface area contributed by atoms with Gasteiger partial charge < -0.3 is 14.7 Å². The van der Waals surface area contributed by atoms with Crippen molar-refractivity contribution in [1.82, 2.24) is 19.1 Å². The van der Waals surface area contributed by atoms with Gasteiger partial charge in [0.25, 0.3) is 0 Å². The van der Waals surface area contributed by atoms with Crippen LogP contribution in [0.3, 0.4) is 0 Å². The summed E-state index contributed by atoms with van der Waals surface area (Å²) in [5.74, 6) is -1.69. The zero-order valence-electron chi connectivity index (χ0n) is 41.3. The minimum Gasteiger partial charge on any atom is -0.304 e. The maximum atomic E-state index is 14.1. The van der Waals surface area contributed by atoms with Crippen LogP contribution >= 0.6 is 44.7 Å². The summed E-state index contributed by atoms with van der Waals surface area (Å²) in [7, 11) is 0.556. The Kier molecular flexibility index (Phi) is 24.6. The van der Waals surface area contributed by atoms with Crippen molar-refractivity contribution in [3.63, 3.8) is 0 Å². The quantitative estimate of drug-likeness (QED) is 0.128. The maximum absolute atomic E-state index is 14.1. The van der Waals surface area contributed by atoms with Gasteiger partial charge in [-0.05, 0) is 102 Å². The number of hydrogen-bond acceptors (Lipinski definition) is 12. The Hall–Kier alpha value is -0.519. The molecule has 0 aliphatic heterocycles. The fraction of sp³-hybridized carbons (Fsp3) is 0.707. The molecule has 3 aromatic rings. The normalized spacial score (nSPS) is 14.9. The molecule has 2 unspecified atom stereocenters. The van der Waals surface area contributed by atoms with Crippen molar-refractivity contribution in [2.45, 2.75) is 164 Å². The van der Waals surface area contributed by atoms with E-state index < -0.39 is 71.0 Å². The number of nitrogens with zero attached hydrogens (tertiary/aromatic N) is 5. The van der Waals surface area contributed by atoms with E-state index in [-0.39, 0.29) is 42.6 Å². The summed E-state index contributed by atoms with van der Waals surface area (Å²) in [5.41, 5.74) is 0. The molecule has 0 aliphatic carbocycles. The van der Waals surface area contributed by atoms with E-state index >= 15 is 0 Å². The molecule has 0 saturated carbocycles. The first kappa shape index (κ1) is 66.6. The average molecular weight is 1110 g/mol. The number of nitrogens with one attached hydrogen (secondary N) is 1. The number of rotatable bonds is 13. The summed E-state index contributed by atoms with van der Waals surface area (Å²) in [6, 6.07) is 4.13. The lowest BCUT2D eigenvalue weighted by atomic mass is 10.2. The van der Waals surface area contributed by atoms with Crippen LogP contribution < -0.4 is 9.53 Å². The van der Waals surface area contributed by atoms with Crippen molar-refractivity contribution in [3.8, 4) is 0 Å². The molecule has 2 atom stereocenters. The molecule has 3 rings (SSSR count). The summed E-state index contributed by atoms with van der Waals surface area (Å²) >= 11 is 3.31. The molecule has 0 amide bonds. The van der Waals surface area contributed by atoms with Gasteiger partial charge in [-0.1, -0.05) is 90.3 Å². The number of halogens is 4. The van der Waals surface area contributed by atoms with Crippen LogP contribution in [0.4, 0.5) is 13.2 Å². The average Bonchev–Trinajstić information content (AvgIpc) is 3.69. The Labute approximate surface area is 413 Å². The van der Waals surface area contributed by atoms with Crippen molar-refractivity contribution in [2.24, 2.45) is 13.2 Å². The minimum absolute atomic E-state index is 0. The number of nitrogens with two attached hydrogens (primary N) is 1. The highest BCUT2D eigenvalue weighted by Gasteiger charge is 2.41. The van der Waals surface area contributed by atoms with E-state index in [4.69, 9.17) is 15.8 Å². The molecule has 0 spiro atoms. The van der Waals surface area contributed by atoms with Crippen LogP contribution in [-0.2, 0) is 48.5 Å². The van der Waals surface area contributed by atoms with Gasteiger partial charge in [0.15, 0.2) is 51.3 Å². The molecular formula is C41H83ClF3N7O4S6Si3. The third kappa shape index (κ3) is 19.7. The lowest BCUT2D eigenvalue weighted by Gasteiger charge is -2.36. The zero-order chi connectivity index (χ0) is 49.9. The van der Waals surface area contributed by atoms with Crippen molar-refractivity contribution >= 4 is 98.3 Å². The second-order valence-electron chi connectivity index (χ2n) is 21.1. The molecule has 3 N–H and O–H groups in total.